The zero-order chi connectivity index (χ0) is 21.9. The van der Waals surface area contributed by atoms with Crippen LogP contribution in [0.2, 0.25) is 0 Å². The van der Waals surface area contributed by atoms with Crippen molar-refractivity contribution in [2.24, 2.45) is 0 Å². The van der Waals surface area contributed by atoms with Crippen LogP contribution in [0.4, 0.5) is 0 Å². The topological polar surface area (TPSA) is 107 Å². The third-order valence-corrected chi connectivity index (χ3v) is 7.73. The highest BCUT2D eigenvalue weighted by atomic mass is 32.2. The van der Waals surface area contributed by atoms with E-state index in [9.17, 15) is 18.0 Å². The highest BCUT2D eigenvalue weighted by molar-refractivity contribution is 7.94. The minimum absolute atomic E-state index is 0.160. The molecular formula is C23H23NO6S. The molecule has 1 aliphatic heterocycles. The summed E-state index contributed by atoms with van der Waals surface area (Å²) in [4.78, 5) is 25.2. The van der Waals surface area contributed by atoms with E-state index in [2.05, 4.69) is 5.32 Å². The van der Waals surface area contributed by atoms with Gasteiger partial charge in [-0.2, -0.15) is 0 Å². The number of nitrogens with one attached hydrogen (secondary N) is 1. The summed E-state index contributed by atoms with van der Waals surface area (Å²) >= 11 is 0. The Bertz CT molecular complexity index is 1440. The molecule has 0 fully saturated rings. The number of amides is 1. The van der Waals surface area contributed by atoms with Gasteiger partial charge in [-0.3, -0.25) is 4.79 Å². The molecule has 0 unspecified atom stereocenters. The Labute approximate surface area is 179 Å². The number of furan rings is 1. The van der Waals surface area contributed by atoms with Crippen LogP contribution in [0.25, 0.3) is 21.9 Å². The van der Waals surface area contributed by atoms with Crippen molar-refractivity contribution >= 4 is 37.7 Å². The van der Waals surface area contributed by atoms with Gasteiger partial charge in [-0.15, -0.1) is 0 Å². The van der Waals surface area contributed by atoms with Gasteiger partial charge in [-0.25, -0.2) is 13.2 Å². The smallest absolute Gasteiger partial charge is 0.340 e. The Morgan fingerprint density at radius 2 is 1.84 bits per heavy atom. The molecule has 2 aromatic heterocycles. The maximum Gasteiger partial charge on any atom is 0.340 e. The van der Waals surface area contributed by atoms with Crippen molar-refractivity contribution in [3.05, 3.63) is 56.0 Å². The molecule has 0 saturated carbocycles. The van der Waals surface area contributed by atoms with Crippen LogP contribution < -0.4 is 10.9 Å². The van der Waals surface area contributed by atoms with Gasteiger partial charge in [0.05, 0.1) is 23.8 Å². The van der Waals surface area contributed by atoms with Crippen molar-refractivity contribution in [2.45, 2.75) is 52.0 Å². The lowest BCUT2D eigenvalue weighted by molar-refractivity contribution is -0.120. The van der Waals surface area contributed by atoms with E-state index in [1.807, 2.05) is 19.9 Å². The SMILES string of the molecule is Cc1c(CC(=O)N[C@@H]2C=CS(=O)(=O)C2)c(=O)oc2c(C)c3oc4c(c3cc12)CCCC4. The van der Waals surface area contributed by atoms with E-state index in [1.54, 1.807) is 0 Å². The van der Waals surface area contributed by atoms with Crippen LogP contribution in [-0.2, 0) is 33.9 Å². The van der Waals surface area contributed by atoms with Crippen LogP contribution in [0.1, 0.15) is 40.9 Å². The highest BCUT2D eigenvalue weighted by Crippen LogP contribution is 2.37. The van der Waals surface area contributed by atoms with Gasteiger partial charge in [-0.05, 0) is 50.8 Å². The maximum atomic E-state index is 12.7. The number of hydrogen-bond donors (Lipinski definition) is 1. The molecule has 162 valence electrons. The summed E-state index contributed by atoms with van der Waals surface area (Å²) in [5, 5.41) is 5.61. The van der Waals surface area contributed by atoms with Gasteiger partial charge in [-0.1, -0.05) is 0 Å². The van der Waals surface area contributed by atoms with E-state index in [1.165, 1.54) is 11.6 Å². The Morgan fingerprint density at radius 1 is 1.10 bits per heavy atom. The fourth-order valence-electron chi connectivity index (χ4n) is 4.71. The molecule has 31 heavy (non-hydrogen) atoms. The lowest BCUT2D eigenvalue weighted by Crippen LogP contribution is -2.37. The highest BCUT2D eigenvalue weighted by Gasteiger charge is 2.26. The van der Waals surface area contributed by atoms with E-state index in [0.717, 1.165) is 58.8 Å². The summed E-state index contributed by atoms with van der Waals surface area (Å²) < 4.78 is 34.8. The van der Waals surface area contributed by atoms with E-state index < -0.39 is 27.4 Å². The van der Waals surface area contributed by atoms with Gasteiger partial charge < -0.3 is 14.2 Å². The van der Waals surface area contributed by atoms with Crippen molar-refractivity contribution in [1.29, 1.82) is 0 Å². The second-order valence-electron chi connectivity index (χ2n) is 8.47. The number of hydrogen-bond acceptors (Lipinski definition) is 6. The fraction of sp³-hybridized carbons (Fsp3) is 0.391. The number of carbonyl (C=O) groups excluding carboxylic acids is 1. The maximum absolute atomic E-state index is 12.7. The average molecular weight is 442 g/mol. The molecule has 2 aliphatic rings. The van der Waals surface area contributed by atoms with Crippen molar-refractivity contribution < 1.29 is 22.0 Å². The molecule has 5 rings (SSSR count). The number of fused-ring (bicyclic) bond motifs is 4. The van der Waals surface area contributed by atoms with Crippen LogP contribution in [0.15, 0.2) is 31.2 Å². The summed E-state index contributed by atoms with van der Waals surface area (Å²) in [7, 11) is -3.27. The first-order valence-corrected chi connectivity index (χ1v) is 12.2. The molecule has 1 aromatic carbocycles. The predicted molar refractivity (Wildman–Crippen MR) is 117 cm³/mol. The number of sulfone groups is 1. The second kappa shape index (κ2) is 7.09. The Morgan fingerprint density at radius 3 is 2.58 bits per heavy atom. The third kappa shape index (κ3) is 3.39. The number of rotatable bonds is 3. The molecule has 1 aliphatic carbocycles. The van der Waals surface area contributed by atoms with E-state index in [4.69, 9.17) is 8.83 Å². The zero-order valence-electron chi connectivity index (χ0n) is 17.4. The molecule has 1 atom stereocenters. The van der Waals surface area contributed by atoms with Crippen molar-refractivity contribution in [3.63, 3.8) is 0 Å². The monoisotopic (exact) mass is 441 g/mol. The molecule has 7 nitrogen and oxygen atoms in total. The molecule has 0 spiro atoms. The first-order chi connectivity index (χ1) is 14.7. The summed E-state index contributed by atoms with van der Waals surface area (Å²) in [6, 6.07) is 1.43. The van der Waals surface area contributed by atoms with Crippen LogP contribution in [0.3, 0.4) is 0 Å². The third-order valence-electron chi connectivity index (χ3n) is 6.34. The standard InChI is InChI=1S/C23H23NO6S/c1-12-16-9-18-15-5-3-4-6-19(15)29-22(18)13(2)21(16)30-23(26)17(12)10-20(25)24-14-7-8-31(27,28)11-14/h7-9,14H,3-6,10-11H2,1-2H3,(H,24,25)/t14-/m1/s1. The molecule has 8 heteroatoms. The van der Waals surface area contributed by atoms with Gasteiger partial charge in [0.1, 0.15) is 16.9 Å². The van der Waals surface area contributed by atoms with Crippen molar-refractivity contribution in [3.8, 4) is 0 Å². The number of carbonyl (C=O) groups is 1. The molecule has 0 saturated heterocycles. The molecule has 1 amide bonds. The first kappa shape index (κ1) is 20.1. The zero-order valence-corrected chi connectivity index (χ0v) is 18.2. The summed E-state index contributed by atoms with van der Waals surface area (Å²) in [6.07, 6.45) is 5.39. The number of benzene rings is 1. The van der Waals surface area contributed by atoms with Gasteiger partial charge in [0.15, 0.2) is 9.84 Å². The van der Waals surface area contributed by atoms with Crippen LogP contribution in [0, 0.1) is 13.8 Å². The molecule has 3 heterocycles. The van der Waals surface area contributed by atoms with E-state index in [0.29, 0.717) is 11.1 Å². The van der Waals surface area contributed by atoms with Crippen molar-refractivity contribution in [1.82, 2.24) is 5.32 Å². The van der Waals surface area contributed by atoms with Crippen LogP contribution in [0.5, 0.6) is 0 Å². The van der Waals surface area contributed by atoms with E-state index in [-0.39, 0.29) is 17.7 Å². The molecule has 0 radical (unpaired) electrons. The van der Waals surface area contributed by atoms with Crippen LogP contribution in [-0.4, -0.2) is 26.1 Å². The Kier molecular flexibility index (Phi) is 4.58. The predicted octanol–water partition coefficient (Wildman–Crippen LogP) is 3.00. The number of aryl methyl sites for hydroxylation is 4. The quantitative estimate of drug-likeness (QED) is 0.626. The van der Waals surface area contributed by atoms with Gasteiger partial charge in [0, 0.05) is 33.7 Å². The second-order valence-corrected chi connectivity index (χ2v) is 10.4. The average Bonchev–Trinajstić information content (AvgIpc) is 3.26. The van der Waals surface area contributed by atoms with Crippen molar-refractivity contribution in [2.75, 3.05) is 5.75 Å². The molecule has 1 N–H and O–H groups in total. The minimum Gasteiger partial charge on any atom is -0.460 e. The van der Waals surface area contributed by atoms with E-state index >= 15 is 0 Å². The van der Waals surface area contributed by atoms with Gasteiger partial charge in [0.2, 0.25) is 5.91 Å². The van der Waals surface area contributed by atoms with Gasteiger partial charge >= 0.3 is 5.63 Å². The first-order valence-electron chi connectivity index (χ1n) is 10.4. The van der Waals surface area contributed by atoms with Gasteiger partial charge in [0.25, 0.3) is 0 Å². The Hall–Kier alpha value is -2.87. The van der Waals surface area contributed by atoms with Crippen LogP contribution >= 0.6 is 0 Å². The summed E-state index contributed by atoms with van der Waals surface area (Å²) in [5.74, 6) is 0.436. The minimum atomic E-state index is -3.27. The molecular weight excluding hydrogens is 418 g/mol. The normalized spacial score (nSPS) is 19.7. The molecule has 0 bridgehead atoms. The lowest BCUT2D eigenvalue weighted by atomic mass is 9.93. The fourth-order valence-corrected chi connectivity index (χ4v) is 5.94. The largest absolute Gasteiger partial charge is 0.460 e. The molecule has 3 aromatic rings. The summed E-state index contributed by atoms with van der Waals surface area (Å²) in [5.41, 5.74) is 3.69. The lowest BCUT2D eigenvalue weighted by Gasteiger charge is -2.12. The Balaban J connectivity index is 1.55. The summed E-state index contributed by atoms with van der Waals surface area (Å²) in [6.45, 7) is 3.71.